The van der Waals surface area contributed by atoms with Crippen LogP contribution in [0.1, 0.15) is 77.0 Å². The summed E-state index contributed by atoms with van der Waals surface area (Å²) in [6, 6.07) is 2.47. The van der Waals surface area contributed by atoms with E-state index in [4.69, 9.17) is 0 Å². The molecule has 3 aliphatic carbocycles. The second kappa shape index (κ2) is 6.51. The first kappa shape index (κ1) is 18.3. The molecule has 0 bridgehead atoms. The highest BCUT2D eigenvalue weighted by atomic mass is 16.2. The predicted octanol–water partition coefficient (Wildman–Crippen LogP) is 3.96. The molecule has 4 fully saturated rings. The quantitative estimate of drug-likeness (QED) is 0.748. The van der Waals surface area contributed by atoms with Crippen LogP contribution in [-0.2, 0) is 4.79 Å². The van der Waals surface area contributed by atoms with Crippen molar-refractivity contribution in [2.45, 2.75) is 82.6 Å². The summed E-state index contributed by atoms with van der Waals surface area (Å²) >= 11 is 0. The van der Waals surface area contributed by atoms with E-state index in [9.17, 15) is 10.1 Å². The first-order chi connectivity index (χ1) is 12.4. The highest BCUT2D eigenvalue weighted by molar-refractivity contribution is 5.79. The standard InChI is InChI=1S/C22H35N3O/c1-24(2)22(18-5-3-4-6-18)11-9-21(10-12-22)15-19(26)25(17-21)14-13-20(16-23)7-8-20/h18H,3-15,17H2,1-2H3. The zero-order chi connectivity index (χ0) is 18.4. The van der Waals surface area contributed by atoms with Crippen molar-refractivity contribution in [2.24, 2.45) is 16.7 Å². The third kappa shape index (κ3) is 3.07. The molecule has 0 aromatic rings. The molecule has 0 N–H and O–H groups in total. The summed E-state index contributed by atoms with van der Waals surface area (Å²) in [5.74, 6) is 1.20. The molecular formula is C22H35N3O. The van der Waals surface area contributed by atoms with Crippen LogP contribution in [0.2, 0.25) is 0 Å². The molecule has 4 nitrogen and oxygen atoms in total. The van der Waals surface area contributed by atoms with E-state index < -0.39 is 0 Å². The van der Waals surface area contributed by atoms with Gasteiger partial charge in [0, 0.05) is 25.0 Å². The first-order valence-corrected chi connectivity index (χ1v) is 10.8. The number of rotatable bonds is 5. The largest absolute Gasteiger partial charge is 0.342 e. The minimum absolute atomic E-state index is 0.0921. The van der Waals surface area contributed by atoms with Gasteiger partial charge in [0.2, 0.25) is 5.91 Å². The Hall–Kier alpha value is -1.08. The van der Waals surface area contributed by atoms with E-state index in [0.717, 1.165) is 44.7 Å². The molecule has 4 aliphatic rings. The molecule has 3 saturated carbocycles. The maximum absolute atomic E-state index is 12.7. The highest BCUT2D eigenvalue weighted by Gasteiger charge is 2.52. The zero-order valence-corrected chi connectivity index (χ0v) is 16.7. The lowest BCUT2D eigenvalue weighted by atomic mass is 9.62. The van der Waals surface area contributed by atoms with Crippen LogP contribution in [0.15, 0.2) is 0 Å². The Kier molecular flexibility index (Phi) is 4.58. The Morgan fingerprint density at radius 3 is 2.31 bits per heavy atom. The van der Waals surface area contributed by atoms with Gasteiger partial charge in [-0.2, -0.15) is 5.26 Å². The lowest BCUT2D eigenvalue weighted by molar-refractivity contribution is -0.128. The molecule has 0 aromatic carbocycles. The van der Waals surface area contributed by atoms with Gasteiger partial charge >= 0.3 is 0 Å². The van der Waals surface area contributed by atoms with E-state index in [1.54, 1.807) is 0 Å². The summed E-state index contributed by atoms with van der Waals surface area (Å²) in [4.78, 5) is 17.3. The molecular weight excluding hydrogens is 322 g/mol. The molecule has 1 aliphatic heterocycles. The fraction of sp³-hybridized carbons (Fsp3) is 0.909. The van der Waals surface area contributed by atoms with Gasteiger partial charge in [-0.1, -0.05) is 12.8 Å². The molecule has 0 unspecified atom stereocenters. The third-order valence-corrected chi connectivity index (χ3v) is 8.54. The van der Waals surface area contributed by atoms with Crippen molar-refractivity contribution in [2.75, 3.05) is 27.2 Å². The third-order valence-electron chi connectivity index (χ3n) is 8.54. The SMILES string of the molecule is CN(C)C1(C2CCCC2)CCC2(CC1)CC(=O)N(CCC1(C#N)CC1)C2. The van der Waals surface area contributed by atoms with Gasteiger partial charge in [0.1, 0.15) is 0 Å². The van der Waals surface area contributed by atoms with E-state index in [2.05, 4.69) is 30.0 Å². The van der Waals surface area contributed by atoms with Crippen molar-refractivity contribution < 1.29 is 4.79 Å². The summed E-state index contributed by atoms with van der Waals surface area (Å²) in [5.41, 5.74) is 0.501. The fourth-order valence-corrected chi connectivity index (χ4v) is 6.33. The number of amides is 1. The average molecular weight is 358 g/mol. The number of carbonyl (C=O) groups excluding carboxylic acids is 1. The van der Waals surface area contributed by atoms with E-state index in [-0.39, 0.29) is 10.8 Å². The van der Waals surface area contributed by atoms with Gasteiger partial charge < -0.3 is 9.80 Å². The van der Waals surface area contributed by atoms with Crippen molar-refractivity contribution in [3.05, 3.63) is 0 Å². The molecule has 1 spiro atoms. The lowest BCUT2D eigenvalue weighted by Gasteiger charge is -2.52. The normalized spacial score (nSPS) is 36.8. The van der Waals surface area contributed by atoms with E-state index in [1.165, 1.54) is 51.4 Å². The number of hydrogen-bond donors (Lipinski definition) is 0. The summed E-state index contributed by atoms with van der Waals surface area (Å²) in [5, 5.41) is 9.29. The van der Waals surface area contributed by atoms with Crippen molar-refractivity contribution in [3.8, 4) is 6.07 Å². The van der Waals surface area contributed by atoms with Crippen LogP contribution < -0.4 is 0 Å². The lowest BCUT2D eigenvalue weighted by Crippen LogP contribution is -2.54. The Labute approximate surface area is 158 Å². The van der Waals surface area contributed by atoms with Gasteiger partial charge in [-0.05, 0) is 83.2 Å². The summed E-state index contributed by atoms with van der Waals surface area (Å²) in [6.07, 6.45) is 14.2. The van der Waals surface area contributed by atoms with Gasteiger partial charge in [-0.3, -0.25) is 4.79 Å². The smallest absolute Gasteiger partial charge is 0.223 e. The van der Waals surface area contributed by atoms with Crippen LogP contribution in [0.25, 0.3) is 0 Å². The van der Waals surface area contributed by atoms with Crippen molar-refractivity contribution >= 4 is 5.91 Å². The molecule has 26 heavy (non-hydrogen) atoms. The minimum atomic E-state index is -0.0921. The molecule has 4 rings (SSSR count). The van der Waals surface area contributed by atoms with Crippen molar-refractivity contribution in [1.29, 1.82) is 5.26 Å². The average Bonchev–Trinajstić information content (AvgIpc) is 3.06. The van der Waals surface area contributed by atoms with Gasteiger partial charge in [-0.25, -0.2) is 0 Å². The van der Waals surface area contributed by atoms with Crippen LogP contribution >= 0.6 is 0 Å². The minimum Gasteiger partial charge on any atom is -0.342 e. The van der Waals surface area contributed by atoms with E-state index in [0.29, 0.717) is 11.4 Å². The topological polar surface area (TPSA) is 47.3 Å². The molecule has 144 valence electrons. The molecule has 0 atom stereocenters. The summed E-state index contributed by atoms with van der Waals surface area (Å²) in [6.45, 7) is 1.75. The maximum Gasteiger partial charge on any atom is 0.223 e. The van der Waals surface area contributed by atoms with E-state index in [1.807, 2.05) is 0 Å². The number of nitrogens with zero attached hydrogens (tertiary/aromatic N) is 3. The molecule has 1 amide bonds. The summed E-state index contributed by atoms with van der Waals surface area (Å²) < 4.78 is 0. The Morgan fingerprint density at radius 1 is 1.12 bits per heavy atom. The van der Waals surface area contributed by atoms with Gasteiger partial charge in [0.15, 0.2) is 0 Å². The Morgan fingerprint density at radius 2 is 1.77 bits per heavy atom. The maximum atomic E-state index is 12.7. The number of hydrogen-bond acceptors (Lipinski definition) is 3. The Balaban J connectivity index is 1.39. The molecule has 1 heterocycles. The number of likely N-dealkylation sites (tertiary alicyclic amines) is 1. The number of nitriles is 1. The molecule has 4 heteroatoms. The molecule has 0 aromatic heterocycles. The van der Waals surface area contributed by atoms with Gasteiger partial charge in [-0.15, -0.1) is 0 Å². The highest BCUT2D eigenvalue weighted by Crippen LogP contribution is 2.54. The van der Waals surface area contributed by atoms with E-state index >= 15 is 0 Å². The van der Waals surface area contributed by atoms with Crippen LogP contribution in [-0.4, -0.2) is 48.4 Å². The van der Waals surface area contributed by atoms with Crippen molar-refractivity contribution in [3.63, 3.8) is 0 Å². The molecule has 0 radical (unpaired) electrons. The van der Waals surface area contributed by atoms with Gasteiger partial charge in [0.05, 0.1) is 11.5 Å². The van der Waals surface area contributed by atoms with Crippen LogP contribution in [0.5, 0.6) is 0 Å². The van der Waals surface area contributed by atoms with Crippen LogP contribution in [0, 0.1) is 28.1 Å². The van der Waals surface area contributed by atoms with Crippen LogP contribution in [0.4, 0.5) is 0 Å². The van der Waals surface area contributed by atoms with Crippen LogP contribution in [0.3, 0.4) is 0 Å². The first-order valence-electron chi connectivity index (χ1n) is 10.8. The monoisotopic (exact) mass is 357 g/mol. The second-order valence-electron chi connectivity index (χ2n) is 10.1. The van der Waals surface area contributed by atoms with Gasteiger partial charge in [0.25, 0.3) is 0 Å². The summed E-state index contributed by atoms with van der Waals surface area (Å²) in [7, 11) is 4.55. The fourth-order valence-electron chi connectivity index (χ4n) is 6.33. The predicted molar refractivity (Wildman–Crippen MR) is 102 cm³/mol. The zero-order valence-electron chi connectivity index (χ0n) is 16.7. The molecule has 1 saturated heterocycles. The second-order valence-corrected chi connectivity index (χ2v) is 10.1. The van der Waals surface area contributed by atoms with Crippen molar-refractivity contribution in [1.82, 2.24) is 9.80 Å². The Bertz CT molecular complexity index is 587. The number of carbonyl (C=O) groups is 1.